The fourth-order valence-electron chi connectivity index (χ4n) is 3.83. The highest BCUT2D eigenvalue weighted by molar-refractivity contribution is 5.49. The fraction of sp³-hybridized carbons (Fsp3) is 0.250. The van der Waals surface area contributed by atoms with Crippen LogP contribution in [0.5, 0.6) is 17.2 Å². The Morgan fingerprint density at radius 2 is 1.75 bits per heavy atom. The molecule has 0 aromatic heterocycles. The molecule has 0 aliphatic carbocycles. The largest absolute Gasteiger partial charge is 0.508 e. The molecule has 0 saturated heterocycles. The summed E-state index contributed by atoms with van der Waals surface area (Å²) in [6.07, 6.45) is 1.94. The minimum Gasteiger partial charge on any atom is -0.508 e. The van der Waals surface area contributed by atoms with Crippen LogP contribution in [0, 0.1) is 0 Å². The van der Waals surface area contributed by atoms with Gasteiger partial charge in [-0.2, -0.15) is 0 Å². The second-order valence-corrected chi connectivity index (χ2v) is 7.23. The van der Waals surface area contributed by atoms with Gasteiger partial charge in [-0.3, -0.25) is 0 Å². The zero-order valence-corrected chi connectivity index (χ0v) is 16.1. The van der Waals surface area contributed by atoms with Gasteiger partial charge in [0.1, 0.15) is 18.4 Å². The van der Waals surface area contributed by atoms with Crippen LogP contribution in [-0.2, 0) is 19.4 Å². The molecular formula is C24H26NO3+. The summed E-state index contributed by atoms with van der Waals surface area (Å²) in [5.41, 5.74) is 4.99. The highest BCUT2D eigenvalue weighted by Crippen LogP contribution is 2.35. The monoisotopic (exact) mass is 376 g/mol. The Hall–Kier alpha value is -2.98. The standard InChI is InChI=1S/C24H25NO3/c1-27-23-14-19-11-12-25-22(13-17-7-9-20(26)10-8-17)21(19)15-24(23)28-16-18-5-3-2-4-6-18/h2-10,14-15,22,25-26H,11-13,16H2,1H3/p+1/t22-/m0/s1. The molecule has 3 N–H and O–H groups in total. The Balaban J connectivity index is 1.59. The normalized spacial score (nSPS) is 15.7. The molecule has 4 heteroatoms. The van der Waals surface area contributed by atoms with Gasteiger partial charge in [0.25, 0.3) is 0 Å². The molecule has 0 amide bonds. The Labute approximate surface area is 165 Å². The summed E-state index contributed by atoms with van der Waals surface area (Å²) in [4.78, 5) is 0. The predicted octanol–water partition coefficient (Wildman–Crippen LogP) is 3.38. The van der Waals surface area contributed by atoms with Crippen LogP contribution in [0.4, 0.5) is 0 Å². The smallest absolute Gasteiger partial charge is 0.162 e. The molecule has 0 spiro atoms. The molecule has 0 fully saturated rings. The van der Waals surface area contributed by atoms with E-state index in [1.165, 1.54) is 16.7 Å². The van der Waals surface area contributed by atoms with Gasteiger partial charge in [0.2, 0.25) is 0 Å². The van der Waals surface area contributed by atoms with Crippen molar-refractivity contribution in [3.8, 4) is 17.2 Å². The van der Waals surface area contributed by atoms with Gasteiger partial charge in [-0.1, -0.05) is 42.5 Å². The summed E-state index contributed by atoms with van der Waals surface area (Å²) >= 11 is 0. The Bertz CT molecular complexity index is 923. The average Bonchev–Trinajstić information content (AvgIpc) is 2.74. The summed E-state index contributed by atoms with van der Waals surface area (Å²) in [5.74, 6) is 1.88. The quantitative estimate of drug-likeness (QED) is 0.693. The number of nitrogens with two attached hydrogens (primary N) is 1. The zero-order chi connectivity index (χ0) is 19.3. The molecule has 3 aromatic carbocycles. The molecule has 0 saturated carbocycles. The van der Waals surface area contributed by atoms with Crippen molar-refractivity contribution in [1.29, 1.82) is 0 Å². The lowest BCUT2D eigenvalue weighted by molar-refractivity contribution is -0.698. The number of ether oxygens (including phenoxy) is 2. The fourth-order valence-corrected chi connectivity index (χ4v) is 3.83. The molecule has 0 bridgehead atoms. The second kappa shape index (κ2) is 8.36. The average molecular weight is 376 g/mol. The van der Waals surface area contributed by atoms with Crippen molar-refractivity contribution in [3.63, 3.8) is 0 Å². The molecule has 28 heavy (non-hydrogen) atoms. The number of phenols is 1. The van der Waals surface area contributed by atoms with E-state index in [1.54, 1.807) is 19.2 Å². The van der Waals surface area contributed by atoms with Crippen LogP contribution < -0.4 is 14.8 Å². The maximum absolute atomic E-state index is 9.53. The third-order valence-corrected chi connectivity index (χ3v) is 5.32. The van der Waals surface area contributed by atoms with Crippen LogP contribution in [0.3, 0.4) is 0 Å². The van der Waals surface area contributed by atoms with Crippen LogP contribution in [0.2, 0.25) is 0 Å². The SMILES string of the molecule is COc1cc2c(cc1OCc1ccccc1)[C@H](Cc1ccc(O)cc1)[NH2+]CC2. The number of phenolic OH excluding ortho intramolecular Hbond substituents is 1. The first-order valence-electron chi connectivity index (χ1n) is 9.71. The molecular weight excluding hydrogens is 350 g/mol. The minimum absolute atomic E-state index is 0.304. The first-order chi connectivity index (χ1) is 13.7. The zero-order valence-electron chi connectivity index (χ0n) is 16.1. The Morgan fingerprint density at radius 1 is 0.964 bits per heavy atom. The van der Waals surface area contributed by atoms with Crippen molar-refractivity contribution >= 4 is 0 Å². The lowest BCUT2D eigenvalue weighted by Crippen LogP contribution is -2.87. The molecule has 1 atom stereocenters. The van der Waals surface area contributed by atoms with Gasteiger partial charge in [0, 0.05) is 18.4 Å². The predicted molar refractivity (Wildman–Crippen MR) is 109 cm³/mol. The molecule has 144 valence electrons. The van der Waals surface area contributed by atoms with E-state index in [2.05, 4.69) is 29.6 Å². The van der Waals surface area contributed by atoms with Crippen LogP contribution in [0.15, 0.2) is 66.7 Å². The van der Waals surface area contributed by atoms with E-state index in [-0.39, 0.29) is 0 Å². The van der Waals surface area contributed by atoms with Gasteiger partial charge in [0.05, 0.1) is 13.7 Å². The minimum atomic E-state index is 0.304. The van der Waals surface area contributed by atoms with E-state index in [9.17, 15) is 5.11 Å². The van der Waals surface area contributed by atoms with Crippen LogP contribution >= 0.6 is 0 Å². The van der Waals surface area contributed by atoms with Gasteiger partial charge in [-0.25, -0.2) is 0 Å². The van der Waals surface area contributed by atoms with Crippen molar-refractivity contribution in [1.82, 2.24) is 0 Å². The summed E-state index contributed by atoms with van der Waals surface area (Å²) < 4.78 is 11.7. The molecule has 0 radical (unpaired) electrons. The number of quaternary nitrogens is 1. The summed E-state index contributed by atoms with van der Waals surface area (Å²) in [6, 6.07) is 22.3. The lowest BCUT2D eigenvalue weighted by atomic mass is 9.90. The first kappa shape index (κ1) is 18.4. The molecule has 1 aliphatic rings. The summed E-state index contributed by atoms with van der Waals surface area (Å²) in [5, 5.41) is 11.9. The Kier molecular flexibility index (Phi) is 5.49. The van der Waals surface area contributed by atoms with E-state index < -0.39 is 0 Å². The maximum Gasteiger partial charge on any atom is 0.162 e. The van der Waals surface area contributed by atoms with Gasteiger partial charge in [-0.05, 0) is 41.0 Å². The maximum atomic E-state index is 9.53. The van der Waals surface area contributed by atoms with Gasteiger partial charge in [0.15, 0.2) is 11.5 Å². The van der Waals surface area contributed by atoms with Gasteiger partial charge < -0.3 is 19.9 Å². The van der Waals surface area contributed by atoms with E-state index in [0.717, 1.165) is 36.4 Å². The number of hydrogen-bond acceptors (Lipinski definition) is 3. The third-order valence-electron chi connectivity index (χ3n) is 5.32. The van der Waals surface area contributed by atoms with Crippen molar-refractivity contribution < 1.29 is 19.9 Å². The van der Waals surface area contributed by atoms with Gasteiger partial charge >= 0.3 is 0 Å². The molecule has 3 aromatic rings. The highest BCUT2D eigenvalue weighted by atomic mass is 16.5. The number of methoxy groups -OCH3 is 1. The number of benzene rings is 3. The van der Waals surface area contributed by atoms with Crippen LogP contribution in [0.25, 0.3) is 0 Å². The van der Waals surface area contributed by atoms with E-state index in [0.29, 0.717) is 18.4 Å². The van der Waals surface area contributed by atoms with Gasteiger partial charge in [-0.15, -0.1) is 0 Å². The highest BCUT2D eigenvalue weighted by Gasteiger charge is 2.26. The number of rotatable bonds is 6. The van der Waals surface area contributed by atoms with Crippen LogP contribution in [0.1, 0.15) is 28.3 Å². The molecule has 0 unspecified atom stereocenters. The second-order valence-electron chi connectivity index (χ2n) is 7.23. The van der Waals surface area contributed by atoms with Crippen molar-refractivity contribution in [2.75, 3.05) is 13.7 Å². The first-order valence-corrected chi connectivity index (χ1v) is 9.71. The van der Waals surface area contributed by atoms with Crippen molar-refractivity contribution in [2.45, 2.75) is 25.5 Å². The Morgan fingerprint density at radius 3 is 2.50 bits per heavy atom. The van der Waals surface area contributed by atoms with Crippen molar-refractivity contribution in [2.24, 2.45) is 0 Å². The lowest BCUT2D eigenvalue weighted by Gasteiger charge is -2.26. The van der Waals surface area contributed by atoms with Crippen molar-refractivity contribution in [3.05, 3.63) is 89.0 Å². The number of aromatic hydroxyl groups is 1. The van der Waals surface area contributed by atoms with E-state index in [1.807, 2.05) is 30.3 Å². The molecule has 4 nitrogen and oxygen atoms in total. The molecule has 4 rings (SSSR count). The summed E-state index contributed by atoms with van der Waals surface area (Å²) in [6.45, 7) is 1.57. The third kappa shape index (κ3) is 4.12. The summed E-state index contributed by atoms with van der Waals surface area (Å²) in [7, 11) is 1.69. The van der Waals surface area contributed by atoms with Crippen LogP contribution in [-0.4, -0.2) is 18.8 Å². The topological polar surface area (TPSA) is 55.3 Å². The van der Waals surface area contributed by atoms with E-state index in [4.69, 9.17) is 9.47 Å². The van der Waals surface area contributed by atoms with E-state index >= 15 is 0 Å². The number of fused-ring (bicyclic) bond motifs is 1. The number of hydrogen-bond donors (Lipinski definition) is 2. The molecule has 1 aliphatic heterocycles. The molecule has 1 heterocycles.